The highest BCUT2D eigenvalue weighted by molar-refractivity contribution is 5.34. The largest absolute Gasteiger partial charge is 0.487 e. The molecule has 0 heterocycles. The van der Waals surface area contributed by atoms with Crippen molar-refractivity contribution >= 4 is 0 Å². The number of halogens is 1. The smallest absolute Gasteiger partial charge is 0.165 e. The number of ether oxygens (including phenoxy) is 2. The number of nitrogens with one attached hydrogen (secondary N) is 1. The highest BCUT2D eigenvalue weighted by atomic mass is 19.1. The first kappa shape index (κ1) is 15.8. The van der Waals surface area contributed by atoms with E-state index < -0.39 is 18.5 Å². The van der Waals surface area contributed by atoms with Crippen molar-refractivity contribution in [1.82, 2.24) is 5.32 Å². The SMILES string of the molecule is COCCNCc1cccc(F)c1OCC(O)CO. The third-order valence-electron chi connectivity index (χ3n) is 2.48. The van der Waals surface area contributed by atoms with E-state index in [9.17, 15) is 9.50 Å². The van der Waals surface area contributed by atoms with E-state index in [0.717, 1.165) is 0 Å². The molecule has 5 nitrogen and oxygen atoms in total. The van der Waals surface area contributed by atoms with Gasteiger partial charge in [-0.3, -0.25) is 0 Å². The molecule has 0 fully saturated rings. The highest BCUT2D eigenvalue weighted by Gasteiger charge is 2.11. The first-order valence-electron chi connectivity index (χ1n) is 6.07. The van der Waals surface area contributed by atoms with Crippen LogP contribution in [-0.2, 0) is 11.3 Å². The van der Waals surface area contributed by atoms with Crippen molar-refractivity contribution in [1.29, 1.82) is 0 Å². The van der Waals surface area contributed by atoms with Gasteiger partial charge < -0.3 is 25.0 Å². The van der Waals surface area contributed by atoms with Crippen molar-refractivity contribution < 1.29 is 24.1 Å². The summed E-state index contributed by atoms with van der Waals surface area (Å²) in [5.41, 5.74) is 0.654. The molecule has 0 amide bonds. The maximum absolute atomic E-state index is 13.7. The molecule has 0 bridgehead atoms. The molecular weight excluding hydrogens is 253 g/mol. The molecule has 0 aliphatic heterocycles. The molecule has 0 aromatic heterocycles. The third kappa shape index (κ3) is 5.52. The Kier molecular flexibility index (Phi) is 7.35. The lowest BCUT2D eigenvalue weighted by Crippen LogP contribution is -2.23. The first-order valence-corrected chi connectivity index (χ1v) is 6.07. The lowest BCUT2D eigenvalue weighted by atomic mass is 10.2. The Morgan fingerprint density at radius 3 is 2.89 bits per heavy atom. The number of methoxy groups -OCH3 is 1. The van der Waals surface area contributed by atoms with E-state index in [0.29, 0.717) is 25.3 Å². The highest BCUT2D eigenvalue weighted by Crippen LogP contribution is 2.22. The average Bonchev–Trinajstić information content (AvgIpc) is 2.42. The van der Waals surface area contributed by atoms with Gasteiger partial charge in [0.2, 0.25) is 0 Å². The molecular formula is C13H20FNO4. The standard InChI is InChI=1S/C13H20FNO4/c1-18-6-5-15-7-10-3-2-4-12(14)13(10)19-9-11(17)8-16/h2-4,11,15-17H,5-9H2,1H3. The zero-order valence-corrected chi connectivity index (χ0v) is 10.9. The van der Waals surface area contributed by atoms with E-state index in [2.05, 4.69) is 5.32 Å². The Labute approximate surface area is 112 Å². The maximum atomic E-state index is 13.7. The average molecular weight is 273 g/mol. The molecule has 0 spiro atoms. The normalized spacial score (nSPS) is 12.4. The molecule has 0 saturated heterocycles. The minimum atomic E-state index is -1.02. The Balaban J connectivity index is 2.61. The number of benzene rings is 1. The van der Waals surface area contributed by atoms with Gasteiger partial charge in [-0.15, -0.1) is 0 Å². The summed E-state index contributed by atoms with van der Waals surface area (Å²) in [5.74, 6) is -0.393. The molecule has 6 heteroatoms. The quantitative estimate of drug-likeness (QED) is 0.564. The summed E-state index contributed by atoms with van der Waals surface area (Å²) < 4.78 is 23.8. The summed E-state index contributed by atoms with van der Waals surface area (Å²) >= 11 is 0. The fraction of sp³-hybridized carbons (Fsp3) is 0.538. The predicted octanol–water partition coefficient (Wildman–Crippen LogP) is 0.294. The zero-order chi connectivity index (χ0) is 14.1. The van der Waals surface area contributed by atoms with E-state index in [1.165, 1.54) is 6.07 Å². The first-order chi connectivity index (χ1) is 9.19. The second-order valence-corrected chi connectivity index (χ2v) is 4.05. The van der Waals surface area contributed by atoms with Crippen LogP contribution in [0.5, 0.6) is 5.75 Å². The van der Waals surface area contributed by atoms with Crippen molar-refractivity contribution in [2.75, 3.05) is 33.5 Å². The fourth-order valence-corrected chi connectivity index (χ4v) is 1.48. The molecule has 19 heavy (non-hydrogen) atoms. The van der Waals surface area contributed by atoms with Gasteiger partial charge in [0.25, 0.3) is 0 Å². The van der Waals surface area contributed by atoms with E-state index in [1.807, 2.05) is 0 Å². The van der Waals surface area contributed by atoms with Crippen molar-refractivity contribution in [3.8, 4) is 5.75 Å². The Bertz CT molecular complexity index is 376. The van der Waals surface area contributed by atoms with Crippen LogP contribution in [0.15, 0.2) is 18.2 Å². The van der Waals surface area contributed by atoms with Crippen LogP contribution in [0.25, 0.3) is 0 Å². The van der Waals surface area contributed by atoms with Gasteiger partial charge in [-0.2, -0.15) is 0 Å². The molecule has 3 N–H and O–H groups in total. The summed E-state index contributed by atoms with van der Waals surface area (Å²) in [6, 6.07) is 4.63. The number of rotatable bonds is 9. The van der Waals surface area contributed by atoms with Crippen LogP contribution >= 0.6 is 0 Å². The Morgan fingerprint density at radius 2 is 2.21 bits per heavy atom. The number of aliphatic hydroxyl groups is 2. The molecule has 1 aromatic carbocycles. The van der Waals surface area contributed by atoms with Crippen LogP contribution in [0, 0.1) is 5.82 Å². The van der Waals surface area contributed by atoms with Crippen LogP contribution in [0.2, 0.25) is 0 Å². The van der Waals surface area contributed by atoms with Crippen molar-refractivity contribution in [3.05, 3.63) is 29.6 Å². The fourth-order valence-electron chi connectivity index (χ4n) is 1.48. The summed E-state index contributed by atoms with van der Waals surface area (Å²) in [6.45, 7) is 1.07. The molecule has 1 rings (SSSR count). The summed E-state index contributed by atoms with van der Waals surface area (Å²) in [5, 5.41) is 21.0. The summed E-state index contributed by atoms with van der Waals surface area (Å²) in [4.78, 5) is 0. The maximum Gasteiger partial charge on any atom is 0.165 e. The van der Waals surface area contributed by atoms with Gasteiger partial charge in [0, 0.05) is 25.8 Å². The van der Waals surface area contributed by atoms with Crippen molar-refractivity contribution in [3.63, 3.8) is 0 Å². The Morgan fingerprint density at radius 1 is 1.42 bits per heavy atom. The van der Waals surface area contributed by atoms with Gasteiger partial charge in [-0.25, -0.2) is 4.39 Å². The van der Waals surface area contributed by atoms with E-state index >= 15 is 0 Å². The van der Waals surface area contributed by atoms with Crippen LogP contribution in [0.1, 0.15) is 5.56 Å². The van der Waals surface area contributed by atoms with Gasteiger partial charge in [0.05, 0.1) is 13.2 Å². The molecule has 108 valence electrons. The van der Waals surface area contributed by atoms with Crippen LogP contribution < -0.4 is 10.1 Å². The van der Waals surface area contributed by atoms with Gasteiger partial charge >= 0.3 is 0 Å². The second kappa shape index (κ2) is 8.82. The summed E-state index contributed by atoms with van der Waals surface area (Å²) in [7, 11) is 1.61. The topological polar surface area (TPSA) is 71.0 Å². The van der Waals surface area contributed by atoms with Gasteiger partial charge in [-0.1, -0.05) is 12.1 Å². The van der Waals surface area contributed by atoms with E-state index in [-0.39, 0.29) is 12.4 Å². The lowest BCUT2D eigenvalue weighted by Gasteiger charge is -2.14. The molecule has 0 aliphatic rings. The molecule has 0 radical (unpaired) electrons. The molecule has 1 aromatic rings. The number of aliphatic hydroxyl groups excluding tert-OH is 2. The minimum Gasteiger partial charge on any atom is -0.487 e. The minimum absolute atomic E-state index is 0.0971. The van der Waals surface area contributed by atoms with Gasteiger partial charge in [-0.05, 0) is 6.07 Å². The van der Waals surface area contributed by atoms with Crippen LogP contribution in [0.4, 0.5) is 4.39 Å². The molecule has 0 saturated carbocycles. The predicted molar refractivity (Wildman–Crippen MR) is 68.6 cm³/mol. The molecule has 1 unspecified atom stereocenters. The number of para-hydroxylation sites is 1. The van der Waals surface area contributed by atoms with Gasteiger partial charge in [0.1, 0.15) is 12.7 Å². The second-order valence-electron chi connectivity index (χ2n) is 4.05. The molecule has 0 aliphatic carbocycles. The van der Waals surface area contributed by atoms with Crippen LogP contribution in [0.3, 0.4) is 0 Å². The lowest BCUT2D eigenvalue weighted by molar-refractivity contribution is 0.0519. The zero-order valence-electron chi connectivity index (χ0n) is 10.9. The third-order valence-corrected chi connectivity index (χ3v) is 2.48. The van der Waals surface area contributed by atoms with E-state index in [4.69, 9.17) is 14.6 Å². The van der Waals surface area contributed by atoms with Crippen LogP contribution in [-0.4, -0.2) is 49.8 Å². The number of hydrogen-bond donors (Lipinski definition) is 3. The monoisotopic (exact) mass is 273 g/mol. The Hall–Kier alpha value is -1.21. The van der Waals surface area contributed by atoms with E-state index in [1.54, 1.807) is 19.2 Å². The summed E-state index contributed by atoms with van der Waals surface area (Å²) in [6.07, 6.45) is -1.02. The van der Waals surface area contributed by atoms with Crippen molar-refractivity contribution in [2.24, 2.45) is 0 Å². The number of hydrogen-bond acceptors (Lipinski definition) is 5. The molecule has 1 atom stereocenters. The van der Waals surface area contributed by atoms with Gasteiger partial charge in [0.15, 0.2) is 11.6 Å². The van der Waals surface area contributed by atoms with Crippen molar-refractivity contribution in [2.45, 2.75) is 12.6 Å².